The molecular formula is C16H18ClN5O2. The number of hydrogen-bond donors (Lipinski definition) is 1. The van der Waals surface area contributed by atoms with Gasteiger partial charge < -0.3 is 10.6 Å². The number of carbonyl (C=O) groups excluding carboxylic acids is 2. The molecule has 2 amide bonds. The molecule has 126 valence electrons. The highest BCUT2D eigenvalue weighted by Crippen LogP contribution is 2.38. The Morgan fingerprint density at radius 1 is 1.38 bits per heavy atom. The van der Waals surface area contributed by atoms with Gasteiger partial charge in [-0.25, -0.2) is 0 Å². The molecule has 0 aliphatic carbocycles. The number of likely N-dealkylation sites (tertiary alicyclic amines) is 1. The van der Waals surface area contributed by atoms with Crippen molar-refractivity contribution in [2.45, 2.75) is 25.8 Å². The minimum atomic E-state index is -0.571. The maximum absolute atomic E-state index is 12.8. The molecule has 24 heavy (non-hydrogen) atoms. The Balaban J connectivity index is 1.90. The van der Waals surface area contributed by atoms with Crippen LogP contribution in [0.3, 0.4) is 0 Å². The first-order valence-corrected chi connectivity index (χ1v) is 8.03. The molecule has 1 atom stereocenters. The molecule has 0 bridgehead atoms. The van der Waals surface area contributed by atoms with Crippen molar-refractivity contribution in [1.82, 2.24) is 19.7 Å². The normalized spacial score (nSPS) is 17.3. The van der Waals surface area contributed by atoms with Crippen LogP contribution in [-0.4, -0.2) is 38.0 Å². The lowest BCUT2D eigenvalue weighted by Crippen LogP contribution is -2.31. The number of rotatable bonds is 3. The number of primary amides is 1. The van der Waals surface area contributed by atoms with Crippen molar-refractivity contribution in [3.63, 3.8) is 0 Å². The maximum Gasteiger partial charge on any atom is 0.272 e. The van der Waals surface area contributed by atoms with Gasteiger partial charge in [-0.05, 0) is 31.9 Å². The van der Waals surface area contributed by atoms with Crippen molar-refractivity contribution in [3.8, 4) is 0 Å². The lowest BCUT2D eigenvalue weighted by atomic mass is 10.1. The van der Waals surface area contributed by atoms with E-state index < -0.39 is 5.91 Å². The monoisotopic (exact) mass is 347 g/mol. The molecule has 1 aliphatic heterocycles. The van der Waals surface area contributed by atoms with Gasteiger partial charge in [0.1, 0.15) is 10.8 Å². The van der Waals surface area contributed by atoms with Gasteiger partial charge in [-0.3, -0.25) is 19.3 Å². The van der Waals surface area contributed by atoms with Crippen LogP contribution in [0.15, 0.2) is 18.3 Å². The molecular weight excluding hydrogens is 330 g/mol. The maximum atomic E-state index is 12.8. The zero-order valence-corrected chi connectivity index (χ0v) is 14.2. The van der Waals surface area contributed by atoms with E-state index in [2.05, 4.69) is 10.1 Å². The fourth-order valence-electron chi connectivity index (χ4n) is 3.15. The molecule has 0 saturated carbocycles. The minimum absolute atomic E-state index is 0.115. The predicted octanol–water partition coefficient (Wildman–Crippen LogP) is 1.85. The first-order valence-electron chi connectivity index (χ1n) is 7.66. The Bertz CT molecular complexity index is 800. The molecule has 2 aromatic rings. The number of pyridine rings is 1. The molecule has 0 radical (unpaired) electrons. The van der Waals surface area contributed by atoms with E-state index in [9.17, 15) is 9.59 Å². The molecule has 1 saturated heterocycles. The summed E-state index contributed by atoms with van der Waals surface area (Å²) in [6.07, 6.45) is 3.04. The van der Waals surface area contributed by atoms with Gasteiger partial charge in [0.05, 0.1) is 17.3 Å². The topological polar surface area (TPSA) is 94.1 Å². The van der Waals surface area contributed by atoms with E-state index in [0.29, 0.717) is 11.7 Å². The van der Waals surface area contributed by atoms with Gasteiger partial charge in [0.2, 0.25) is 5.91 Å². The van der Waals surface area contributed by atoms with Crippen LogP contribution in [0, 0.1) is 6.92 Å². The minimum Gasteiger partial charge on any atom is -0.366 e. The van der Waals surface area contributed by atoms with Gasteiger partial charge in [-0.15, -0.1) is 0 Å². The number of amides is 2. The molecule has 1 aliphatic rings. The van der Waals surface area contributed by atoms with Gasteiger partial charge in [-0.2, -0.15) is 5.10 Å². The quantitative estimate of drug-likeness (QED) is 0.916. The van der Waals surface area contributed by atoms with Crippen molar-refractivity contribution in [2.24, 2.45) is 12.8 Å². The largest absolute Gasteiger partial charge is 0.366 e. The zero-order valence-electron chi connectivity index (χ0n) is 13.5. The second kappa shape index (κ2) is 6.24. The summed E-state index contributed by atoms with van der Waals surface area (Å²) in [6, 6.07) is 2.92. The second-order valence-electron chi connectivity index (χ2n) is 5.87. The summed E-state index contributed by atoms with van der Waals surface area (Å²) >= 11 is 6.36. The molecule has 0 spiro atoms. The highest BCUT2D eigenvalue weighted by molar-refractivity contribution is 6.30. The SMILES string of the molecule is Cc1nn(C)c(Cl)c1[C@H]1CCCN1C(=O)c1ccc(C(N)=O)cn1. The molecule has 2 aromatic heterocycles. The van der Waals surface area contributed by atoms with E-state index in [1.807, 2.05) is 6.92 Å². The van der Waals surface area contributed by atoms with Crippen molar-refractivity contribution in [2.75, 3.05) is 6.54 Å². The van der Waals surface area contributed by atoms with Crippen LogP contribution < -0.4 is 5.73 Å². The van der Waals surface area contributed by atoms with Crippen LogP contribution in [0.5, 0.6) is 0 Å². The van der Waals surface area contributed by atoms with Gasteiger partial charge >= 0.3 is 0 Å². The molecule has 7 nitrogen and oxygen atoms in total. The molecule has 0 unspecified atom stereocenters. The number of nitrogens with zero attached hydrogens (tertiary/aromatic N) is 4. The van der Waals surface area contributed by atoms with Gasteiger partial charge in [-0.1, -0.05) is 11.6 Å². The van der Waals surface area contributed by atoms with Crippen LogP contribution in [-0.2, 0) is 7.05 Å². The third kappa shape index (κ3) is 2.75. The summed E-state index contributed by atoms with van der Waals surface area (Å²) in [4.78, 5) is 29.8. The van der Waals surface area contributed by atoms with Gasteiger partial charge in [0.25, 0.3) is 5.91 Å². The molecule has 3 heterocycles. The number of aromatic nitrogens is 3. The van der Waals surface area contributed by atoms with Gasteiger partial charge in [0.15, 0.2) is 0 Å². The second-order valence-corrected chi connectivity index (χ2v) is 6.22. The first-order chi connectivity index (χ1) is 11.4. The highest BCUT2D eigenvalue weighted by atomic mass is 35.5. The summed E-state index contributed by atoms with van der Waals surface area (Å²) < 4.78 is 1.62. The number of carbonyl (C=O) groups is 2. The molecule has 1 fully saturated rings. The average molecular weight is 348 g/mol. The number of aryl methyl sites for hydroxylation is 2. The average Bonchev–Trinajstić information content (AvgIpc) is 3.12. The van der Waals surface area contributed by atoms with Crippen molar-refractivity contribution < 1.29 is 9.59 Å². The van der Waals surface area contributed by atoms with Crippen LogP contribution in [0.25, 0.3) is 0 Å². The van der Waals surface area contributed by atoms with Crippen molar-refractivity contribution >= 4 is 23.4 Å². The van der Waals surface area contributed by atoms with E-state index >= 15 is 0 Å². The summed E-state index contributed by atoms with van der Waals surface area (Å²) in [5, 5.41) is 4.88. The smallest absolute Gasteiger partial charge is 0.272 e. The summed E-state index contributed by atoms with van der Waals surface area (Å²) in [7, 11) is 1.78. The summed E-state index contributed by atoms with van der Waals surface area (Å²) in [6.45, 7) is 2.52. The van der Waals surface area contributed by atoms with Gasteiger partial charge in [0, 0.05) is 25.4 Å². The Hall–Kier alpha value is -2.41. The van der Waals surface area contributed by atoms with E-state index in [1.54, 1.807) is 16.6 Å². The number of nitrogens with two attached hydrogens (primary N) is 1. The standard InChI is InChI=1S/C16H18ClN5O2/c1-9-13(14(17)21(2)20-9)12-4-3-7-22(12)16(24)11-6-5-10(8-19-11)15(18)23/h5-6,8,12H,3-4,7H2,1-2H3,(H2,18,23)/t12-/m1/s1. The fraction of sp³-hybridized carbons (Fsp3) is 0.375. The summed E-state index contributed by atoms with van der Waals surface area (Å²) in [5.74, 6) is -0.758. The number of hydrogen-bond acceptors (Lipinski definition) is 4. The third-order valence-electron chi connectivity index (χ3n) is 4.31. The van der Waals surface area contributed by atoms with Crippen LogP contribution in [0.1, 0.15) is 51.0 Å². The predicted molar refractivity (Wildman–Crippen MR) is 88.7 cm³/mol. The molecule has 3 rings (SSSR count). The van der Waals surface area contributed by atoms with Crippen LogP contribution in [0.2, 0.25) is 5.15 Å². The Labute approximate surface area is 144 Å². The molecule has 0 aromatic carbocycles. The lowest BCUT2D eigenvalue weighted by molar-refractivity contribution is 0.0729. The lowest BCUT2D eigenvalue weighted by Gasteiger charge is -2.24. The van der Waals surface area contributed by atoms with E-state index in [-0.39, 0.29) is 23.2 Å². The fourth-order valence-corrected chi connectivity index (χ4v) is 3.45. The Kier molecular flexibility index (Phi) is 4.28. The van der Waals surface area contributed by atoms with E-state index in [4.69, 9.17) is 17.3 Å². The number of halogens is 1. The molecule has 8 heteroatoms. The van der Waals surface area contributed by atoms with Crippen LogP contribution >= 0.6 is 11.6 Å². The van der Waals surface area contributed by atoms with Crippen LogP contribution in [0.4, 0.5) is 0 Å². The summed E-state index contributed by atoms with van der Waals surface area (Å²) in [5.41, 5.74) is 7.46. The zero-order chi connectivity index (χ0) is 17.4. The molecule has 2 N–H and O–H groups in total. The Morgan fingerprint density at radius 3 is 2.67 bits per heavy atom. The van der Waals surface area contributed by atoms with Crippen molar-refractivity contribution in [3.05, 3.63) is 46.0 Å². The van der Waals surface area contributed by atoms with E-state index in [1.165, 1.54) is 18.3 Å². The first kappa shape index (κ1) is 16.4. The van der Waals surface area contributed by atoms with Crippen molar-refractivity contribution in [1.29, 1.82) is 0 Å². The third-order valence-corrected chi connectivity index (χ3v) is 4.76. The van der Waals surface area contributed by atoms with E-state index in [0.717, 1.165) is 24.1 Å². The Morgan fingerprint density at radius 2 is 2.12 bits per heavy atom. The highest BCUT2D eigenvalue weighted by Gasteiger charge is 2.35.